The summed E-state index contributed by atoms with van der Waals surface area (Å²) in [6, 6.07) is -0.222. The van der Waals surface area contributed by atoms with Gasteiger partial charge >= 0.3 is 0 Å². The number of hydrogen-bond acceptors (Lipinski definition) is 4. The number of aliphatic hydroxyl groups excluding tert-OH is 1. The number of aliphatic hydroxyl groups is 1. The van der Waals surface area contributed by atoms with Gasteiger partial charge in [0, 0.05) is 13.2 Å². The summed E-state index contributed by atoms with van der Waals surface area (Å²) in [6.07, 6.45) is 2.99. The second-order valence-corrected chi connectivity index (χ2v) is 3.49. The average Bonchev–Trinajstić information content (AvgIpc) is 2.27. The molecule has 0 radical (unpaired) electrons. The van der Waals surface area contributed by atoms with Crippen molar-refractivity contribution in [3.63, 3.8) is 0 Å². The number of aryl methyl sites for hydroxylation is 1. The lowest BCUT2D eigenvalue weighted by Crippen LogP contribution is -2.37. The molecule has 1 amide bonds. The van der Waals surface area contributed by atoms with Crippen LogP contribution in [-0.4, -0.2) is 45.6 Å². The fraction of sp³-hybridized carbons (Fsp3) is 0.500. The molecule has 1 heterocycles. The summed E-state index contributed by atoms with van der Waals surface area (Å²) >= 11 is 0. The molecule has 0 saturated heterocycles. The molecule has 0 aromatic carbocycles. The summed E-state index contributed by atoms with van der Waals surface area (Å²) in [6.45, 7) is 3.50. The van der Waals surface area contributed by atoms with Gasteiger partial charge in [-0.2, -0.15) is 0 Å². The van der Waals surface area contributed by atoms with E-state index in [2.05, 4.69) is 9.97 Å². The fourth-order valence-electron chi connectivity index (χ4n) is 1.01. The van der Waals surface area contributed by atoms with E-state index in [9.17, 15) is 4.79 Å². The minimum Gasteiger partial charge on any atom is -0.394 e. The Morgan fingerprint density at radius 3 is 2.67 bits per heavy atom. The van der Waals surface area contributed by atoms with Crippen LogP contribution in [0.4, 0.5) is 0 Å². The van der Waals surface area contributed by atoms with Gasteiger partial charge < -0.3 is 10.0 Å². The molecule has 0 spiro atoms. The summed E-state index contributed by atoms with van der Waals surface area (Å²) in [5, 5.41) is 8.92. The van der Waals surface area contributed by atoms with E-state index in [4.69, 9.17) is 5.11 Å². The summed E-state index contributed by atoms with van der Waals surface area (Å²) < 4.78 is 0. The van der Waals surface area contributed by atoms with Gasteiger partial charge in [0.1, 0.15) is 5.69 Å². The van der Waals surface area contributed by atoms with Crippen LogP contribution in [0.1, 0.15) is 23.1 Å². The molecular formula is C10H15N3O2. The molecule has 1 N–H and O–H groups in total. The van der Waals surface area contributed by atoms with Crippen LogP contribution in [0, 0.1) is 6.92 Å². The first kappa shape index (κ1) is 11.6. The van der Waals surface area contributed by atoms with E-state index >= 15 is 0 Å². The van der Waals surface area contributed by atoms with E-state index < -0.39 is 0 Å². The lowest BCUT2D eigenvalue weighted by atomic mass is 10.3. The Bertz CT molecular complexity index is 337. The van der Waals surface area contributed by atoms with Gasteiger partial charge in [0.25, 0.3) is 5.91 Å². The first-order valence-electron chi connectivity index (χ1n) is 4.73. The molecular weight excluding hydrogens is 194 g/mol. The molecule has 0 saturated carbocycles. The third-order valence-corrected chi connectivity index (χ3v) is 2.25. The first-order valence-corrected chi connectivity index (χ1v) is 4.73. The van der Waals surface area contributed by atoms with Crippen LogP contribution in [0.15, 0.2) is 12.4 Å². The van der Waals surface area contributed by atoms with Gasteiger partial charge in [-0.25, -0.2) is 4.98 Å². The number of hydrogen-bond donors (Lipinski definition) is 1. The number of carbonyl (C=O) groups excluding carboxylic acids is 1. The van der Waals surface area contributed by atoms with Crippen LogP contribution in [0.5, 0.6) is 0 Å². The monoisotopic (exact) mass is 209 g/mol. The SMILES string of the molecule is Cc1cnc(C(=O)N(C)C(C)CO)cn1. The van der Waals surface area contributed by atoms with E-state index in [1.54, 1.807) is 27.1 Å². The van der Waals surface area contributed by atoms with Crippen molar-refractivity contribution >= 4 is 5.91 Å². The van der Waals surface area contributed by atoms with Gasteiger partial charge in [-0.3, -0.25) is 9.78 Å². The maximum atomic E-state index is 11.8. The zero-order valence-electron chi connectivity index (χ0n) is 9.14. The molecule has 0 bridgehead atoms. The Morgan fingerprint density at radius 2 is 2.20 bits per heavy atom. The van der Waals surface area contributed by atoms with Crippen molar-refractivity contribution in [2.45, 2.75) is 19.9 Å². The van der Waals surface area contributed by atoms with Gasteiger partial charge in [-0.1, -0.05) is 0 Å². The molecule has 1 aromatic rings. The van der Waals surface area contributed by atoms with Crippen LogP contribution in [-0.2, 0) is 0 Å². The number of carbonyl (C=O) groups is 1. The number of nitrogens with zero attached hydrogens (tertiary/aromatic N) is 3. The highest BCUT2D eigenvalue weighted by molar-refractivity contribution is 5.91. The van der Waals surface area contributed by atoms with Crippen LogP contribution in [0.3, 0.4) is 0 Å². The standard InChI is InChI=1S/C10H15N3O2/c1-7-4-12-9(5-11-7)10(15)13(3)8(2)6-14/h4-5,8,14H,6H2,1-3H3. The molecule has 5 nitrogen and oxygen atoms in total. The molecule has 5 heteroatoms. The fourth-order valence-corrected chi connectivity index (χ4v) is 1.01. The Hall–Kier alpha value is -1.49. The summed E-state index contributed by atoms with van der Waals surface area (Å²) in [4.78, 5) is 21.2. The topological polar surface area (TPSA) is 66.3 Å². The summed E-state index contributed by atoms with van der Waals surface area (Å²) in [5.74, 6) is -0.232. The predicted octanol–water partition coefficient (Wildman–Crippen LogP) is 0.238. The number of aromatic nitrogens is 2. The second-order valence-electron chi connectivity index (χ2n) is 3.49. The highest BCUT2D eigenvalue weighted by Gasteiger charge is 2.17. The van der Waals surface area contributed by atoms with Gasteiger partial charge in [0.15, 0.2) is 0 Å². The van der Waals surface area contributed by atoms with Gasteiger partial charge in [0.2, 0.25) is 0 Å². The van der Waals surface area contributed by atoms with Crippen molar-refractivity contribution in [3.05, 3.63) is 23.8 Å². The Morgan fingerprint density at radius 1 is 1.53 bits per heavy atom. The van der Waals surface area contributed by atoms with Gasteiger partial charge in [-0.05, 0) is 13.8 Å². The lowest BCUT2D eigenvalue weighted by molar-refractivity contribution is 0.0676. The first-order chi connectivity index (χ1) is 7.06. The zero-order valence-corrected chi connectivity index (χ0v) is 9.14. The second kappa shape index (κ2) is 4.84. The van der Waals surface area contributed by atoms with E-state index in [1.807, 2.05) is 0 Å². The van der Waals surface area contributed by atoms with Crippen LogP contribution >= 0.6 is 0 Å². The highest BCUT2D eigenvalue weighted by Crippen LogP contribution is 2.02. The number of rotatable bonds is 3. The smallest absolute Gasteiger partial charge is 0.274 e. The van der Waals surface area contributed by atoms with Crippen molar-refractivity contribution in [1.29, 1.82) is 0 Å². The van der Waals surface area contributed by atoms with Gasteiger partial charge in [-0.15, -0.1) is 0 Å². The third-order valence-electron chi connectivity index (χ3n) is 2.25. The molecule has 0 fully saturated rings. The summed E-state index contributed by atoms with van der Waals surface area (Å²) in [5.41, 5.74) is 1.06. The molecule has 0 aliphatic carbocycles. The molecule has 1 aromatic heterocycles. The molecule has 0 aliphatic heterocycles. The largest absolute Gasteiger partial charge is 0.394 e. The minimum atomic E-state index is -0.232. The number of amides is 1. The normalized spacial score (nSPS) is 12.3. The Balaban J connectivity index is 2.80. The van der Waals surface area contributed by atoms with E-state index in [0.29, 0.717) is 5.69 Å². The van der Waals surface area contributed by atoms with E-state index in [0.717, 1.165) is 5.69 Å². The Labute approximate surface area is 88.8 Å². The van der Waals surface area contributed by atoms with Crippen molar-refractivity contribution in [1.82, 2.24) is 14.9 Å². The third kappa shape index (κ3) is 2.73. The maximum Gasteiger partial charge on any atom is 0.274 e. The quantitative estimate of drug-likeness (QED) is 0.774. The van der Waals surface area contributed by atoms with Gasteiger partial charge in [0.05, 0.1) is 24.5 Å². The zero-order chi connectivity index (χ0) is 11.4. The van der Waals surface area contributed by atoms with E-state index in [-0.39, 0.29) is 18.6 Å². The molecule has 1 rings (SSSR count). The predicted molar refractivity (Wildman–Crippen MR) is 55.4 cm³/mol. The average molecular weight is 209 g/mol. The molecule has 15 heavy (non-hydrogen) atoms. The number of likely N-dealkylation sites (N-methyl/N-ethyl adjacent to an activating group) is 1. The van der Waals surface area contributed by atoms with Crippen LogP contribution in [0.2, 0.25) is 0 Å². The minimum absolute atomic E-state index is 0.0679. The summed E-state index contributed by atoms with van der Waals surface area (Å²) in [7, 11) is 1.63. The maximum absolute atomic E-state index is 11.8. The van der Waals surface area contributed by atoms with Crippen molar-refractivity contribution in [2.75, 3.05) is 13.7 Å². The lowest BCUT2D eigenvalue weighted by Gasteiger charge is -2.22. The van der Waals surface area contributed by atoms with Crippen molar-refractivity contribution in [3.8, 4) is 0 Å². The van der Waals surface area contributed by atoms with Crippen LogP contribution < -0.4 is 0 Å². The van der Waals surface area contributed by atoms with Crippen LogP contribution in [0.25, 0.3) is 0 Å². The molecule has 82 valence electrons. The molecule has 1 atom stereocenters. The van der Waals surface area contributed by atoms with Crippen molar-refractivity contribution < 1.29 is 9.90 Å². The van der Waals surface area contributed by atoms with Crippen molar-refractivity contribution in [2.24, 2.45) is 0 Å². The molecule has 1 unspecified atom stereocenters. The molecule has 0 aliphatic rings. The Kier molecular flexibility index (Phi) is 3.74. The highest BCUT2D eigenvalue weighted by atomic mass is 16.3. The van der Waals surface area contributed by atoms with E-state index in [1.165, 1.54) is 11.1 Å².